The van der Waals surface area contributed by atoms with Crippen molar-refractivity contribution >= 4 is 5.69 Å². The van der Waals surface area contributed by atoms with Gasteiger partial charge in [-0.3, -0.25) is 5.10 Å². The molecule has 3 N–H and O–H groups in total. The first-order chi connectivity index (χ1) is 8.24. The number of hydrogen-bond acceptors (Lipinski definition) is 4. The number of aryl methyl sites for hydroxylation is 1. The Bertz CT molecular complexity index is 563. The van der Waals surface area contributed by atoms with Gasteiger partial charge in [-0.25, -0.2) is 0 Å². The molecule has 1 aliphatic heterocycles. The summed E-state index contributed by atoms with van der Waals surface area (Å²) in [7, 11) is 0. The summed E-state index contributed by atoms with van der Waals surface area (Å²) in [4.78, 5) is 0. The van der Waals surface area contributed by atoms with Crippen LogP contribution < -0.4 is 15.2 Å². The van der Waals surface area contributed by atoms with E-state index in [0.29, 0.717) is 24.7 Å². The lowest BCUT2D eigenvalue weighted by atomic mass is 10.1. The molecule has 0 fully saturated rings. The first-order valence-electron chi connectivity index (χ1n) is 5.45. The largest absolute Gasteiger partial charge is 0.486 e. The van der Waals surface area contributed by atoms with E-state index in [2.05, 4.69) is 10.2 Å². The van der Waals surface area contributed by atoms with Gasteiger partial charge < -0.3 is 15.2 Å². The topological polar surface area (TPSA) is 73.2 Å². The van der Waals surface area contributed by atoms with Crippen LogP contribution >= 0.6 is 0 Å². The van der Waals surface area contributed by atoms with Crippen molar-refractivity contribution in [1.82, 2.24) is 10.2 Å². The third-order valence-corrected chi connectivity index (χ3v) is 2.70. The normalized spacial score (nSPS) is 13.7. The lowest BCUT2D eigenvalue weighted by Crippen LogP contribution is -2.15. The number of nitrogens with zero attached hydrogens (tertiary/aromatic N) is 1. The summed E-state index contributed by atoms with van der Waals surface area (Å²) in [6, 6.07) is 5.61. The van der Waals surface area contributed by atoms with Crippen LogP contribution in [-0.4, -0.2) is 23.4 Å². The summed E-state index contributed by atoms with van der Waals surface area (Å²) in [5.41, 5.74) is 9.31. The van der Waals surface area contributed by atoms with Gasteiger partial charge >= 0.3 is 0 Å². The van der Waals surface area contributed by atoms with Gasteiger partial charge in [0.05, 0.1) is 5.69 Å². The van der Waals surface area contributed by atoms with Crippen LogP contribution in [0, 0.1) is 6.92 Å². The highest BCUT2D eigenvalue weighted by atomic mass is 16.6. The molecule has 88 valence electrons. The molecule has 2 aromatic rings. The average molecular weight is 231 g/mol. The maximum Gasteiger partial charge on any atom is 0.163 e. The van der Waals surface area contributed by atoms with E-state index in [4.69, 9.17) is 15.2 Å². The molecule has 0 spiro atoms. The monoisotopic (exact) mass is 231 g/mol. The molecule has 0 atom stereocenters. The van der Waals surface area contributed by atoms with Gasteiger partial charge in [-0.1, -0.05) is 0 Å². The van der Waals surface area contributed by atoms with Gasteiger partial charge in [-0.15, -0.1) is 0 Å². The van der Waals surface area contributed by atoms with Crippen LogP contribution in [0.1, 0.15) is 5.69 Å². The van der Waals surface area contributed by atoms with Crippen LogP contribution in [0.5, 0.6) is 11.5 Å². The molecule has 1 aromatic heterocycles. The van der Waals surface area contributed by atoms with E-state index in [9.17, 15) is 0 Å². The minimum Gasteiger partial charge on any atom is -0.486 e. The molecule has 0 amide bonds. The second kappa shape index (κ2) is 3.69. The predicted molar refractivity (Wildman–Crippen MR) is 64.2 cm³/mol. The number of rotatable bonds is 1. The Hall–Kier alpha value is -2.17. The summed E-state index contributed by atoms with van der Waals surface area (Å²) in [5.74, 6) is 1.42. The molecule has 0 saturated heterocycles. The quantitative estimate of drug-likeness (QED) is 0.733. The van der Waals surface area contributed by atoms with Crippen LogP contribution in [0.25, 0.3) is 11.3 Å². The van der Waals surface area contributed by atoms with E-state index < -0.39 is 0 Å². The second-order valence-corrected chi connectivity index (χ2v) is 4.02. The molecule has 1 aliphatic rings. The van der Waals surface area contributed by atoms with E-state index in [1.54, 1.807) is 6.07 Å². The van der Waals surface area contributed by atoms with Crippen molar-refractivity contribution in [3.05, 3.63) is 23.9 Å². The van der Waals surface area contributed by atoms with Gasteiger partial charge in [0.2, 0.25) is 0 Å². The lowest BCUT2D eigenvalue weighted by Gasteiger charge is -2.19. The number of nitrogens with two attached hydrogens (primary N) is 1. The number of ether oxygens (including phenoxy) is 2. The summed E-state index contributed by atoms with van der Waals surface area (Å²) in [6.07, 6.45) is 0. The average Bonchev–Trinajstić information content (AvgIpc) is 2.75. The molecule has 0 unspecified atom stereocenters. The zero-order chi connectivity index (χ0) is 11.8. The molecule has 1 aromatic carbocycles. The van der Waals surface area contributed by atoms with Crippen molar-refractivity contribution < 1.29 is 9.47 Å². The molecule has 17 heavy (non-hydrogen) atoms. The fourth-order valence-corrected chi connectivity index (χ4v) is 1.88. The fourth-order valence-electron chi connectivity index (χ4n) is 1.88. The summed E-state index contributed by atoms with van der Waals surface area (Å²) >= 11 is 0. The van der Waals surface area contributed by atoms with Crippen LogP contribution in [0.2, 0.25) is 0 Å². The molecular weight excluding hydrogens is 218 g/mol. The van der Waals surface area contributed by atoms with Crippen molar-refractivity contribution in [2.45, 2.75) is 6.92 Å². The zero-order valence-corrected chi connectivity index (χ0v) is 9.49. The Morgan fingerprint density at radius 2 is 1.88 bits per heavy atom. The third-order valence-electron chi connectivity index (χ3n) is 2.70. The van der Waals surface area contributed by atoms with Gasteiger partial charge in [0.25, 0.3) is 0 Å². The highest BCUT2D eigenvalue weighted by Gasteiger charge is 2.16. The SMILES string of the molecule is Cc1cc(-c2cc3c(cc2N)OCCO3)n[nH]1. The van der Waals surface area contributed by atoms with Crippen molar-refractivity contribution in [3.8, 4) is 22.8 Å². The molecule has 0 saturated carbocycles. The highest BCUT2D eigenvalue weighted by molar-refractivity contribution is 5.77. The standard InChI is InChI=1S/C12H13N3O2/c1-7-4-10(15-14-7)8-5-11-12(6-9(8)13)17-3-2-16-11/h4-6H,2-3,13H2,1H3,(H,14,15). The van der Waals surface area contributed by atoms with Gasteiger partial charge in [-0.2, -0.15) is 5.10 Å². The summed E-state index contributed by atoms with van der Waals surface area (Å²) in [6.45, 7) is 3.08. The first kappa shape index (κ1) is 10.0. The predicted octanol–water partition coefficient (Wildman–Crippen LogP) is 1.74. The molecule has 0 bridgehead atoms. The van der Waals surface area contributed by atoms with Gasteiger partial charge in [-0.05, 0) is 19.1 Å². The number of nitrogen functional groups attached to an aromatic ring is 1. The van der Waals surface area contributed by atoms with E-state index in [1.165, 1.54) is 0 Å². The Kier molecular flexibility index (Phi) is 2.18. The van der Waals surface area contributed by atoms with Gasteiger partial charge in [0.15, 0.2) is 11.5 Å². The highest BCUT2D eigenvalue weighted by Crippen LogP contribution is 2.38. The number of anilines is 1. The van der Waals surface area contributed by atoms with Crippen molar-refractivity contribution in [1.29, 1.82) is 0 Å². The van der Waals surface area contributed by atoms with Crippen LogP contribution in [0.4, 0.5) is 5.69 Å². The number of fused-ring (bicyclic) bond motifs is 1. The van der Waals surface area contributed by atoms with Crippen LogP contribution in [0.15, 0.2) is 18.2 Å². The van der Waals surface area contributed by atoms with E-state index >= 15 is 0 Å². The Morgan fingerprint density at radius 1 is 1.18 bits per heavy atom. The third kappa shape index (κ3) is 1.69. The number of hydrogen-bond donors (Lipinski definition) is 2. The molecule has 5 nitrogen and oxygen atoms in total. The molecule has 0 aliphatic carbocycles. The van der Waals surface area contributed by atoms with Crippen molar-refractivity contribution in [2.75, 3.05) is 18.9 Å². The van der Waals surface area contributed by atoms with Crippen molar-refractivity contribution in [2.24, 2.45) is 0 Å². The van der Waals surface area contributed by atoms with E-state index in [-0.39, 0.29) is 0 Å². The summed E-state index contributed by atoms with van der Waals surface area (Å²) < 4.78 is 11.0. The number of H-pyrrole nitrogens is 1. The van der Waals surface area contributed by atoms with E-state index in [0.717, 1.165) is 22.7 Å². The van der Waals surface area contributed by atoms with E-state index in [1.807, 2.05) is 19.1 Å². The number of aromatic nitrogens is 2. The number of aromatic amines is 1. The molecule has 2 heterocycles. The van der Waals surface area contributed by atoms with Gasteiger partial charge in [0.1, 0.15) is 13.2 Å². The Balaban J connectivity index is 2.11. The Morgan fingerprint density at radius 3 is 2.53 bits per heavy atom. The number of benzene rings is 1. The zero-order valence-electron chi connectivity index (χ0n) is 9.49. The molecular formula is C12H13N3O2. The van der Waals surface area contributed by atoms with Gasteiger partial charge in [0, 0.05) is 23.0 Å². The van der Waals surface area contributed by atoms with Crippen molar-refractivity contribution in [3.63, 3.8) is 0 Å². The van der Waals surface area contributed by atoms with Crippen LogP contribution in [0.3, 0.4) is 0 Å². The Labute approximate surface area is 98.5 Å². The maximum atomic E-state index is 6.00. The summed E-state index contributed by atoms with van der Waals surface area (Å²) in [5, 5.41) is 7.09. The van der Waals surface area contributed by atoms with Crippen LogP contribution in [-0.2, 0) is 0 Å². The first-order valence-corrected chi connectivity index (χ1v) is 5.45. The molecule has 5 heteroatoms. The smallest absolute Gasteiger partial charge is 0.163 e. The minimum atomic E-state index is 0.563. The maximum absolute atomic E-state index is 6.00. The molecule has 3 rings (SSSR count). The number of nitrogens with one attached hydrogen (secondary N) is 1. The minimum absolute atomic E-state index is 0.563. The molecule has 0 radical (unpaired) electrons. The fraction of sp³-hybridized carbons (Fsp3) is 0.250. The lowest BCUT2D eigenvalue weighted by molar-refractivity contribution is 0.172. The second-order valence-electron chi connectivity index (χ2n) is 4.02.